The number of amides is 1. The van der Waals surface area contributed by atoms with Gasteiger partial charge in [0.25, 0.3) is 11.5 Å². The van der Waals surface area contributed by atoms with Crippen LogP contribution in [-0.2, 0) is 6.54 Å². The fourth-order valence-corrected chi connectivity index (χ4v) is 1.38. The van der Waals surface area contributed by atoms with Gasteiger partial charge in [0.15, 0.2) is 0 Å². The highest BCUT2D eigenvalue weighted by Crippen LogP contribution is 2.02. The van der Waals surface area contributed by atoms with Gasteiger partial charge in [-0.3, -0.25) is 9.59 Å². The summed E-state index contributed by atoms with van der Waals surface area (Å²) in [5, 5.41) is 15.7. The van der Waals surface area contributed by atoms with Gasteiger partial charge in [-0.1, -0.05) is 6.92 Å². The molecule has 2 atom stereocenters. The van der Waals surface area contributed by atoms with E-state index in [-0.39, 0.29) is 35.7 Å². The summed E-state index contributed by atoms with van der Waals surface area (Å²) in [4.78, 5) is 23.2. The van der Waals surface area contributed by atoms with Crippen LogP contribution in [0.5, 0.6) is 0 Å². The first-order chi connectivity index (χ1) is 8.49. The van der Waals surface area contributed by atoms with Crippen molar-refractivity contribution in [2.24, 2.45) is 5.92 Å². The highest BCUT2D eigenvalue weighted by atomic mass is 16.3. The lowest BCUT2D eigenvalue weighted by Gasteiger charge is -2.18. The average molecular weight is 253 g/mol. The van der Waals surface area contributed by atoms with E-state index in [0.717, 1.165) is 0 Å². The fourth-order valence-electron chi connectivity index (χ4n) is 1.38. The van der Waals surface area contributed by atoms with Crippen molar-refractivity contribution >= 4 is 5.91 Å². The van der Waals surface area contributed by atoms with Gasteiger partial charge in [0.1, 0.15) is 5.69 Å². The minimum atomic E-state index is -0.343. The van der Waals surface area contributed by atoms with Crippen molar-refractivity contribution in [2.45, 2.75) is 33.4 Å². The summed E-state index contributed by atoms with van der Waals surface area (Å²) >= 11 is 0. The molecule has 18 heavy (non-hydrogen) atoms. The van der Waals surface area contributed by atoms with Crippen LogP contribution >= 0.6 is 0 Å². The largest absolute Gasteiger partial charge is 0.396 e. The molecule has 0 bridgehead atoms. The Labute approximate surface area is 106 Å². The molecule has 2 unspecified atom stereocenters. The average Bonchev–Trinajstić information content (AvgIpc) is 2.37. The molecule has 1 aromatic rings. The molecule has 0 spiro atoms. The maximum absolute atomic E-state index is 11.9. The van der Waals surface area contributed by atoms with Crippen molar-refractivity contribution in [1.29, 1.82) is 0 Å². The molecule has 2 N–H and O–H groups in total. The van der Waals surface area contributed by atoms with E-state index in [1.807, 2.05) is 13.8 Å². The summed E-state index contributed by atoms with van der Waals surface area (Å²) in [6, 6.07) is 2.57. The third-order valence-electron chi connectivity index (χ3n) is 2.90. The zero-order chi connectivity index (χ0) is 13.7. The standard InChI is InChI=1S/C12H19N3O3/c1-4-15-11(17)6-5-10(14-15)12(18)13-9(3)8(2)7-16/h5-6,8-9,16H,4,7H2,1-3H3,(H,13,18). The topological polar surface area (TPSA) is 84.2 Å². The van der Waals surface area contributed by atoms with Crippen LogP contribution in [0.3, 0.4) is 0 Å². The lowest BCUT2D eigenvalue weighted by Crippen LogP contribution is -2.39. The molecule has 0 aliphatic carbocycles. The second-order valence-electron chi connectivity index (χ2n) is 4.29. The van der Waals surface area contributed by atoms with Gasteiger partial charge in [0.05, 0.1) is 0 Å². The quantitative estimate of drug-likeness (QED) is 0.774. The Bertz CT molecular complexity index is 470. The predicted octanol–water partition coefficient (Wildman–Crippen LogP) is 0.00990. The van der Waals surface area contributed by atoms with Gasteiger partial charge < -0.3 is 10.4 Å². The normalized spacial score (nSPS) is 14.0. The number of aliphatic hydroxyl groups excluding tert-OH is 1. The molecule has 0 radical (unpaired) electrons. The summed E-state index contributed by atoms with van der Waals surface area (Å²) in [6.07, 6.45) is 0. The van der Waals surface area contributed by atoms with Crippen LogP contribution < -0.4 is 10.9 Å². The fraction of sp³-hybridized carbons (Fsp3) is 0.583. The van der Waals surface area contributed by atoms with Crippen molar-refractivity contribution in [3.63, 3.8) is 0 Å². The third kappa shape index (κ3) is 3.40. The number of aromatic nitrogens is 2. The molecular weight excluding hydrogens is 234 g/mol. The van der Waals surface area contributed by atoms with E-state index in [1.54, 1.807) is 6.92 Å². The zero-order valence-corrected chi connectivity index (χ0v) is 10.9. The number of rotatable bonds is 5. The Hall–Kier alpha value is -1.69. The highest BCUT2D eigenvalue weighted by Gasteiger charge is 2.16. The maximum atomic E-state index is 11.9. The van der Waals surface area contributed by atoms with E-state index in [2.05, 4.69) is 10.4 Å². The molecule has 0 fully saturated rings. The zero-order valence-electron chi connectivity index (χ0n) is 10.9. The van der Waals surface area contributed by atoms with Crippen molar-refractivity contribution < 1.29 is 9.90 Å². The van der Waals surface area contributed by atoms with Crippen LogP contribution in [0.4, 0.5) is 0 Å². The molecule has 0 saturated carbocycles. The van der Waals surface area contributed by atoms with Crippen LogP contribution in [0.2, 0.25) is 0 Å². The number of nitrogens with one attached hydrogen (secondary N) is 1. The lowest BCUT2D eigenvalue weighted by atomic mass is 10.1. The molecule has 1 aromatic heterocycles. The van der Waals surface area contributed by atoms with Crippen molar-refractivity contribution in [1.82, 2.24) is 15.1 Å². The van der Waals surface area contributed by atoms with E-state index >= 15 is 0 Å². The summed E-state index contributed by atoms with van der Waals surface area (Å²) in [5.41, 5.74) is -0.0285. The van der Waals surface area contributed by atoms with E-state index in [9.17, 15) is 9.59 Å². The molecule has 6 nitrogen and oxygen atoms in total. The third-order valence-corrected chi connectivity index (χ3v) is 2.90. The number of aryl methyl sites for hydroxylation is 1. The van der Waals surface area contributed by atoms with Crippen LogP contribution in [0.1, 0.15) is 31.3 Å². The summed E-state index contributed by atoms with van der Waals surface area (Å²) < 4.78 is 1.23. The van der Waals surface area contributed by atoms with Crippen LogP contribution in [0.25, 0.3) is 0 Å². The molecule has 1 heterocycles. The van der Waals surface area contributed by atoms with Gasteiger partial charge in [-0.05, 0) is 25.8 Å². The SMILES string of the molecule is CCn1nc(C(=O)NC(C)C(C)CO)ccc1=O. The van der Waals surface area contributed by atoms with Gasteiger partial charge in [0.2, 0.25) is 0 Å². The molecule has 0 aliphatic rings. The van der Waals surface area contributed by atoms with Crippen LogP contribution in [0, 0.1) is 5.92 Å². The summed E-state index contributed by atoms with van der Waals surface area (Å²) in [7, 11) is 0. The summed E-state index contributed by atoms with van der Waals surface area (Å²) in [5.74, 6) is -0.379. The van der Waals surface area contributed by atoms with E-state index in [0.29, 0.717) is 6.54 Å². The molecular formula is C12H19N3O3. The number of nitrogens with zero attached hydrogens (tertiary/aromatic N) is 2. The predicted molar refractivity (Wildman–Crippen MR) is 67.3 cm³/mol. The van der Waals surface area contributed by atoms with E-state index < -0.39 is 0 Å². The second kappa shape index (κ2) is 6.30. The first-order valence-corrected chi connectivity index (χ1v) is 5.99. The van der Waals surface area contributed by atoms with Crippen LogP contribution in [0.15, 0.2) is 16.9 Å². The summed E-state index contributed by atoms with van der Waals surface area (Å²) in [6.45, 7) is 5.86. The first kappa shape index (κ1) is 14.4. The van der Waals surface area contributed by atoms with E-state index in [1.165, 1.54) is 16.8 Å². The molecule has 6 heteroatoms. The van der Waals surface area contributed by atoms with E-state index in [4.69, 9.17) is 5.11 Å². The monoisotopic (exact) mass is 253 g/mol. The van der Waals surface area contributed by atoms with Gasteiger partial charge in [0, 0.05) is 25.3 Å². The molecule has 100 valence electrons. The van der Waals surface area contributed by atoms with Crippen molar-refractivity contribution in [3.8, 4) is 0 Å². The van der Waals surface area contributed by atoms with Gasteiger partial charge in [-0.15, -0.1) is 0 Å². The molecule has 1 amide bonds. The number of hydrogen-bond donors (Lipinski definition) is 2. The number of carbonyl (C=O) groups is 1. The maximum Gasteiger partial charge on any atom is 0.271 e. The molecule has 0 saturated heterocycles. The van der Waals surface area contributed by atoms with Crippen LogP contribution in [-0.4, -0.2) is 33.4 Å². The van der Waals surface area contributed by atoms with Gasteiger partial charge >= 0.3 is 0 Å². The minimum absolute atomic E-state index is 0.00331. The van der Waals surface area contributed by atoms with Crippen molar-refractivity contribution in [3.05, 3.63) is 28.2 Å². The number of hydrogen-bond acceptors (Lipinski definition) is 4. The Kier molecular flexibility index (Phi) is 5.03. The first-order valence-electron chi connectivity index (χ1n) is 5.99. The minimum Gasteiger partial charge on any atom is -0.396 e. The molecule has 1 rings (SSSR count). The van der Waals surface area contributed by atoms with Crippen molar-refractivity contribution in [2.75, 3.05) is 6.61 Å². The van der Waals surface area contributed by atoms with Gasteiger partial charge in [-0.25, -0.2) is 4.68 Å². The van der Waals surface area contributed by atoms with Gasteiger partial charge in [-0.2, -0.15) is 5.10 Å². The highest BCUT2D eigenvalue weighted by molar-refractivity contribution is 5.92. The Morgan fingerprint density at radius 3 is 2.72 bits per heavy atom. The molecule has 0 aromatic carbocycles. The number of aliphatic hydroxyl groups is 1. The molecule has 0 aliphatic heterocycles. The Morgan fingerprint density at radius 1 is 1.50 bits per heavy atom. The lowest BCUT2D eigenvalue weighted by molar-refractivity contribution is 0.0908. The number of carbonyl (C=O) groups excluding carboxylic acids is 1. The smallest absolute Gasteiger partial charge is 0.271 e. The Balaban J connectivity index is 2.82. The second-order valence-corrected chi connectivity index (χ2v) is 4.29. The Morgan fingerprint density at radius 2 is 2.17 bits per heavy atom.